The second-order valence-electron chi connectivity index (χ2n) is 21.3. The van der Waals surface area contributed by atoms with Crippen LogP contribution in [0.1, 0.15) is 159 Å². The van der Waals surface area contributed by atoms with Crippen LogP contribution in [0.4, 0.5) is 31.1 Å². The predicted octanol–water partition coefficient (Wildman–Crippen LogP) is 10.5. The van der Waals surface area contributed by atoms with Crippen LogP contribution < -0.4 is 25.4 Å². The lowest BCUT2D eigenvalue weighted by molar-refractivity contribution is -0.193. The number of nitrogens with one attached hydrogen (secondary N) is 3. The number of carbonyl (C=O) groups is 6. The van der Waals surface area contributed by atoms with Crippen LogP contribution in [0, 0.1) is 22.7 Å². The maximum atomic E-state index is 12.7. The van der Waals surface area contributed by atoms with Gasteiger partial charge in [-0.15, -0.1) is 0 Å². The van der Waals surface area contributed by atoms with Gasteiger partial charge >= 0.3 is 48.3 Å². The van der Waals surface area contributed by atoms with Crippen LogP contribution in [0.5, 0.6) is 11.5 Å². The van der Waals surface area contributed by atoms with Gasteiger partial charge in [0.25, 0.3) is 0 Å². The van der Waals surface area contributed by atoms with Gasteiger partial charge in [0, 0.05) is 13.0 Å². The van der Waals surface area contributed by atoms with Gasteiger partial charge in [-0.25, -0.2) is 14.4 Å². The molecule has 4 aliphatic rings. The summed E-state index contributed by atoms with van der Waals surface area (Å²) in [6, 6.07) is 11.8. The van der Waals surface area contributed by atoms with Gasteiger partial charge in [-0.1, -0.05) is 64.5 Å². The summed E-state index contributed by atoms with van der Waals surface area (Å²) in [7, 11) is 0. The largest absolute Gasteiger partial charge is 0.490 e. The molecular formula is C54H75F6N3O12. The van der Waals surface area contributed by atoms with Crippen LogP contribution >= 0.6 is 0 Å². The molecule has 0 unspecified atom stereocenters. The molecule has 2 fully saturated rings. The molecule has 0 aromatic heterocycles. The molecule has 0 bridgehead atoms. The summed E-state index contributed by atoms with van der Waals surface area (Å²) in [6.45, 7) is 12.3. The summed E-state index contributed by atoms with van der Waals surface area (Å²) in [5.41, 5.74) is 2.84. The number of unbranched alkanes of at least 4 members (excludes halogenated alkanes) is 5. The van der Waals surface area contributed by atoms with Crippen molar-refractivity contribution in [2.24, 2.45) is 22.7 Å². The number of aryl methyl sites for hydroxylation is 2. The second kappa shape index (κ2) is 27.0. The van der Waals surface area contributed by atoms with Crippen molar-refractivity contribution in [2.45, 2.75) is 173 Å². The lowest BCUT2D eigenvalue weighted by Gasteiger charge is -2.53. The first-order valence-corrected chi connectivity index (χ1v) is 26.0. The van der Waals surface area contributed by atoms with Crippen LogP contribution in [0.3, 0.4) is 0 Å². The summed E-state index contributed by atoms with van der Waals surface area (Å²) in [5, 5.41) is 44.2. The molecule has 6 rings (SSSR count). The van der Waals surface area contributed by atoms with E-state index in [0.29, 0.717) is 37.3 Å². The Labute approximate surface area is 434 Å². The number of benzene rings is 2. The molecule has 6 atom stereocenters. The van der Waals surface area contributed by atoms with Gasteiger partial charge in [0.2, 0.25) is 0 Å². The third-order valence-electron chi connectivity index (χ3n) is 16.1. The molecule has 0 heterocycles. The number of amides is 1. The lowest BCUT2D eigenvalue weighted by Crippen LogP contribution is -2.52. The zero-order valence-corrected chi connectivity index (χ0v) is 43.4. The number of esters is 1. The Morgan fingerprint density at radius 1 is 0.547 bits per heavy atom. The van der Waals surface area contributed by atoms with Crippen molar-refractivity contribution in [3.63, 3.8) is 0 Å². The molecule has 75 heavy (non-hydrogen) atoms. The van der Waals surface area contributed by atoms with E-state index in [0.717, 1.165) is 114 Å². The average molecular weight is 1070 g/mol. The molecule has 0 aliphatic heterocycles. The third kappa shape index (κ3) is 16.8. The van der Waals surface area contributed by atoms with E-state index in [1.807, 2.05) is 44.2 Å². The highest BCUT2D eigenvalue weighted by atomic mass is 19.4. The molecule has 1 amide bonds. The number of hydrogen-bond acceptors (Lipinski definition) is 10. The number of halogens is 6. The Balaban J connectivity index is 0.000000763. The number of alkyl halides is 6. The average Bonchev–Trinajstić information content (AvgIpc) is 3.32. The highest BCUT2D eigenvalue weighted by Crippen LogP contribution is 2.59. The van der Waals surface area contributed by atoms with Crippen molar-refractivity contribution in [1.82, 2.24) is 16.0 Å². The Bertz CT molecular complexity index is 2140. The van der Waals surface area contributed by atoms with Crippen molar-refractivity contribution < 1.29 is 85.0 Å². The molecule has 2 saturated carbocycles. The van der Waals surface area contributed by atoms with E-state index in [1.54, 1.807) is 0 Å². The molecule has 0 radical (unpaired) electrons. The summed E-state index contributed by atoms with van der Waals surface area (Å²) in [5.74, 6) is -5.95. The second-order valence-corrected chi connectivity index (χ2v) is 21.3. The Morgan fingerprint density at radius 2 is 0.933 bits per heavy atom. The molecule has 2 aromatic carbocycles. The van der Waals surface area contributed by atoms with E-state index in [1.165, 1.54) is 36.8 Å². The number of carboxylic acid groups (broad SMARTS) is 4. The fourth-order valence-corrected chi connectivity index (χ4v) is 12.1. The molecule has 0 spiro atoms. The van der Waals surface area contributed by atoms with E-state index in [-0.39, 0.29) is 28.6 Å². The van der Waals surface area contributed by atoms with Crippen molar-refractivity contribution in [3.8, 4) is 11.5 Å². The molecule has 4 aliphatic carbocycles. The van der Waals surface area contributed by atoms with Gasteiger partial charge in [0.05, 0.1) is 10.8 Å². The van der Waals surface area contributed by atoms with Crippen LogP contribution in [0.2, 0.25) is 0 Å². The van der Waals surface area contributed by atoms with E-state index in [2.05, 4.69) is 35.9 Å². The minimum absolute atomic E-state index is 0.0555. The molecule has 0 saturated heterocycles. The molecular weight excluding hydrogens is 997 g/mol. The predicted molar refractivity (Wildman–Crippen MR) is 265 cm³/mol. The van der Waals surface area contributed by atoms with E-state index in [9.17, 15) is 55.7 Å². The smallest absolute Gasteiger partial charge is 0.481 e. The number of carbonyl (C=O) groups excluding carboxylic acids is 2. The Kier molecular flexibility index (Phi) is 22.4. The van der Waals surface area contributed by atoms with Crippen LogP contribution in [-0.4, -0.2) is 101 Å². The quantitative estimate of drug-likeness (QED) is 0.0267. The van der Waals surface area contributed by atoms with Gasteiger partial charge in [-0.05, 0) is 186 Å². The molecule has 15 nitrogen and oxygen atoms in total. The normalized spacial score (nSPS) is 24.7. The van der Waals surface area contributed by atoms with Crippen molar-refractivity contribution in [1.29, 1.82) is 0 Å². The topological polar surface area (TPSA) is 238 Å². The van der Waals surface area contributed by atoms with Crippen molar-refractivity contribution in [3.05, 3.63) is 58.7 Å². The highest BCUT2D eigenvalue weighted by Gasteiger charge is 2.56. The van der Waals surface area contributed by atoms with Crippen molar-refractivity contribution in [2.75, 3.05) is 32.7 Å². The van der Waals surface area contributed by atoms with Gasteiger partial charge in [0.1, 0.15) is 11.5 Å². The van der Waals surface area contributed by atoms with E-state index in [4.69, 9.17) is 29.3 Å². The molecule has 21 heteroatoms. The fraction of sp³-hybridized carbons (Fsp3) is 0.667. The van der Waals surface area contributed by atoms with Gasteiger partial charge in [-0.2, -0.15) is 26.3 Å². The number of ether oxygens (including phenoxy) is 2. The summed E-state index contributed by atoms with van der Waals surface area (Å²) in [4.78, 5) is 67.7. The van der Waals surface area contributed by atoms with Crippen LogP contribution in [0.15, 0.2) is 36.4 Å². The summed E-state index contributed by atoms with van der Waals surface area (Å²) in [6.07, 6.45) is 6.83. The SMILES string of the molecule is C[C@]1(C(=O)O)CCC[C@]2(C)c3cc(OC(=O)CCCNCCCCCCCCNCCCNC(=O)Oc4ccc5c(c4)[C@@]4(C)CCC[C@](C)(C(=O)O)[C@@H]4CC5)ccc3CC[C@@H]12.O=C(O)C(F)(F)F.O=C(O)C(F)(F)F. The standard InChI is InChI=1S/C50H73N3O8.2C2HF3O2/c1-47-24-12-26-49(3,44(55)56)41(47)22-18-35-16-20-37(33-39(35)47)60-43(54)15-11-30-51-28-9-7-5-6-8-10-29-52-31-14-32-53-46(59)61-38-21-17-36-19-23-42-48(2,40(36)34-38)25-13-27-50(42,4)45(57)58;2*3-2(4,5)1(6)7/h16-17,20-21,33-34,41-42,51-52H,5-15,18-19,22-32H2,1-4H3,(H,53,59)(H,55,56)(H,57,58);2*(H,6,7)/t41-,42-,47-,48-,49+,50+;;/m1../s1. The van der Waals surface area contributed by atoms with E-state index >= 15 is 0 Å². The zero-order chi connectivity index (χ0) is 55.8. The Morgan fingerprint density at radius 3 is 1.35 bits per heavy atom. The monoisotopic (exact) mass is 1070 g/mol. The molecule has 420 valence electrons. The first-order chi connectivity index (χ1) is 35.1. The molecule has 2 aromatic rings. The summed E-state index contributed by atoms with van der Waals surface area (Å²) >= 11 is 0. The summed E-state index contributed by atoms with van der Waals surface area (Å²) < 4.78 is 74.9. The van der Waals surface area contributed by atoms with Gasteiger partial charge in [0.15, 0.2) is 0 Å². The maximum absolute atomic E-state index is 12.7. The first-order valence-electron chi connectivity index (χ1n) is 26.0. The maximum Gasteiger partial charge on any atom is 0.490 e. The first kappa shape index (κ1) is 62.1. The van der Waals surface area contributed by atoms with Crippen LogP contribution in [-0.2, 0) is 47.6 Å². The Hall–Kier alpha value is -5.44. The third-order valence-corrected chi connectivity index (χ3v) is 16.1. The van der Waals surface area contributed by atoms with Gasteiger partial charge in [-0.3, -0.25) is 14.4 Å². The van der Waals surface area contributed by atoms with Gasteiger partial charge < -0.3 is 45.9 Å². The lowest BCUT2D eigenvalue weighted by atomic mass is 9.50. The van der Waals surface area contributed by atoms with E-state index < -0.39 is 53.2 Å². The number of aliphatic carboxylic acids is 4. The minimum Gasteiger partial charge on any atom is -0.481 e. The number of rotatable bonds is 21. The number of carboxylic acids is 4. The molecule has 7 N–H and O–H groups in total. The number of hydrogen-bond donors (Lipinski definition) is 7. The van der Waals surface area contributed by atoms with Crippen molar-refractivity contribution >= 4 is 35.9 Å². The highest BCUT2D eigenvalue weighted by molar-refractivity contribution is 5.77. The fourth-order valence-electron chi connectivity index (χ4n) is 12.1. The minimum atomic E-state index is -5.08. The van der Waals surface area contributed by atoms with Crippen LogP contribution in [0.25, 0.3) is 0 Å². The number of fused-ring (bicyclic) bond motifs is 6. The zero-order valence-electron chi connectivity index (χ0n) is 43.4.